The molecule has 0 fully saturated rings. The molecule has 0 amide bonds. The van der Waals surface area contributed by atoms with Gasteiger partial charge in [-0.15, -0.1) is 4.90 Å². The molecule has 0 saturated carbocycles. The summed E-state index contributed by atoms with van der Waals surface area (Å²) >= 11 is 1.87. The smallest absolute Gasteiger partial charge is 1.00 e. The predicted molar refractivity (Wildman–Crippen MR) is 56.6 cm³/mol. The molecule has 0 saturated heterocycles. The van der Waals surface area contributed by atoms with Crippen molar-refractivity contribution < 1.29 is 17.0 Å². The maximum atomic E-state index is 3.19. The minimum Gasteiger partial charge on any atom is -1.00 e. The molecule has 0 radical (unpaired) electrons. The van der Waals surface area contributed by atoms with E-state index in [0.29, 0.717) is 0 Å². The average molecular weight is 269 g/mol. The molecule has 0 atom stereocenters. The molecule has 3 heteroatoms. The van der Waals surface area contributed by atoms with E-state index in [1.807, 2.05) is 23.9 Å². The van der Waals surface area contributed by atoms with E-state index in [2.05, 4.69) is 32.0 Å². The van der Waals surface area contributed by atoms with Crippen molar-refractivity contribution in [1.82, 2.24) is 0 Å². The number of thioether (sulfide) groups is 1. The Morgan fingerprint density at radius 1 is 1.38 bits per heavy atom. The molecule has 0 bridgehead atoms. The maximum absolute atomic E-state index is 3.19. The second-order valence-electron chi connectivity index (χ2n) is 2.93. The van der Waals surface area contributed by atoms with Crippen LogP contribution in [0.4, 0.5) is 0 Å². The van der Waals surface area contributed by atoms with Crippen molar-refractivity contribution in [2.75, 3.05) is 5.75 Å². The molecule has 68 valence electrons. The van der Waals surface area contributed by atoms with Crippen molar-refractivity contribution in [2.24, 2.45) is 5.92 Å². The van der Waals surface area contributed by atoms with E-state index in [1.165, 1.54) is 10.6 Å². The Bertz CT molecular complexity index is 201. The predicted octanol–water partition coefficient (Wildman–Crippen LogP) is -0.142. The van der Waals surface area contributed by atoms with Crippen molar-refractivity contribution in [2.45, 2.75) is 18.7 Å². The van der Waals surface area contributed by atoms with Crippen LogP contribution in [0.1, 0.15) is 13.8 Å². The first kappa shape index (κ1) is 16.3. The third kappa shape index (κ3) is 7.85. The Morgan fingerprint density at radius 2 is 2.08 bits per heavy atom. The molecule has 0 aliphatic heterocycles. The number of halogens is 1. The van der Waals surface area contributed by atoms with Crippen LogP contribution in [0, 0.1) is 12.0 Å². The van der Waals surface area contributed by atoms with Crippen LogP contribution in [0.25, 0.3) is 0 Å². The number of rotatable bonds is 3. The summed E-state index contributed by atoms with van der Waals surface area (Å²) in [6.45, 7) is 4.46. The topological polar surface area (TPSA) is 0 Å². The first-order valence-corrected chi connectivity index (χ1v) is 4.87. The van der Waals surface area contributed by atoms with Gasteiger partial charge in [-0.1, -0.05) is 13.8 Å². The standard InChI is InChI=1S/C10H13S.BrH.Mg/c1-9(2)8-11-10-6-4-3-5-7-10;;/h3-6,9H,8H2,1-2H3;1H;/q-1;;+2/p-1. The zero-order chi connectivity index (χ0) is 8.10. The minimum absolute atomic E-state index is 0. The molecule has 0 aliphatic carbocycles. The first-order valence-electron chi connectivity index (χ1n) is 3.88. The van der Waals surface area contributed by atoms with E-state index in [-0.39, 0.29) is 40.0 Å². The molecule has 1 aromatic rings. The van der Waals surface area contributed by atoms with Crippen molar-refractivity contribution in [3.8, 4) is 0 Å². The van der Waals surface area contributed by atoms with Gasteiger partial charge in [0.15, 0.2) is 0 Å². The molecular formula is C10H13BrMgS. The minimum atomic E-state index is 0. The second-order valence-corrected chi connectivity index (χ2v) is 3.99. The molecule has 0 aromatic heterocycles. The second kappa shape index (κ2) is 9.37. The summed E-state index contributed by atoms with van der Waals surface area (Å²) < 4.78 is 0. The Morgan fingerprint density at radius 3 is 2.54 bits per heavy atom. The molecule has 0 nitrogen and oxygen atoms in total. The number of hydrogen-bond acceptors (Lipinski definition) is 1. The maximum Gasteiger partial charge on any atom is 2.00 e. The van der Waals surface area contributed by atoms with E-state index in [9.17, 15) is 0 Å². The Labute approximate surface area is 112 Å². The van der Waals surface area contributed by atoms with Crippen LogP contribution < -0.4 is 17.0 Å². The fraction of sp³-hybridized carbons (Fsp3) is 0.400. The van der Waals surface area contributed by atoms with Crippen LogP contribution >= 0.6 is 11.8 Å². The van der Waals surface area contributed by atoms with Crippen LogP contribution in [0.3, 0.4) is 0 Å². The quantitative estimate of drug-likeness (QED) is 0.418. The van der Waals surface area contributed by atoms with Gasteiger partial charge in [0.05, 0.1) is 0 Å². The monoisotopic (exact) mass is 268 g/mol. The number of hydrogen-bond donors (Lipinski definition) is 0. The molecule has 0 spiro atoms. The van der Waals surface area contributed by atoms with Crippen molar-refractivity contribution in [3.63, 3.8) is 0 Å². The normalized spacial score (nSPS) is 8.85. The van der Waals surface area contributed by atoms with E-state index < -0.39 is 0 Å². The van der Waals surface area contributed by atoms with E-state index in [0.717, 1.165) is 5.92 Å². The van der Waals surface area contributed by atoms with Crippen LogP contribution in [0.5, 0.6) is 0 Å². The molecule has 0 unspecified atom stereocenters. The fourth-order valence-corrected chi connectivity index (χ4v) is 1.56. The van der Waals surface area contributed by atoms with Crippen molar-refractivity contribution in [1.29, 1.82) is 0 Å². The SMILES string of the molecule is CC(C)CSc1[c-]cccc1.[Br-].[Mg+2]. The van der Waals surface area contributed by atoms with E-state index in [4.69, 9.17) is 0 Å². The summed E-state index contributed by atoms with van der Waals surface area (Å²) in [5, 5.41) is 0. The van der Waals surface area contributed by atoms with Gasteiger partial charge in [-0.3, -0.25) is 0 Å². The van der Waals surface area contributed by atoms with Crippen LogP contribution in [0.15, 0.2) is 29.2 Å². The molecule has 13 heavy (non-hydrogen) atoms. The Balaban J connectivity index is 0. The van der Waals surface area contributed by atoms with Gasteiger partial charge < -0.3 is 17.0 Å². The average Bonchev–Trinajstić information content (AvgIpc) is 2.03. The van der Waals surface area contributed by atoms with Gasteiger partial charge in [-0.05, 0) is 11.7 Å². The molecule has 0 aliphatic rings. The largest absolute Gasteiger partial charge is 2.00 e. The summed E-state index contributed by atoms with van der Waals surface area (Å²) in [5.74, 6) is 1.94. The van der Waals surface area contributed by atoms with Gasteiger partial charge in [0, 0.05) is 0 Å². The summed E-state index contributed by atoms with van der Waals surface area (Å²) in [7, 11) is 0. The summed E-state index contributed by atoms with van der Waals surface area (Å²) in [5.41, 5.74) is 0. The number of benzene rings is 1. The van der Waals surface area contributed by atoms with Crippen molar-refractivity contribution >= 4 is 34.8 Å². The van der Waals surface area contributed by atoms with Crippen LogP contribution in [0.2, 0.25) is 0 Å². The van der Waals surface area contributed by atoms with Gasteiger partial charge in [-0.2, -0.15) is 42.1 Å². The molecule has 0 N–H and O–H groups in total. The fourth-order valence-electron chi connectivity index (χ4n) is 0.723. The zero-order valence-corrected chi connectivity index (χ0v) is 11.9. The molecule has 0 heterocycles. The summed E-state index contributed by atoms with van der Waals surface area (Å²) in [4.78, 5) is 1.25. The summed E-state index contributed by atoms with van der Waals surface area (Å²) in [6, 6.07) is 11.3. The molecule has 1 rings (SSSR count). The van der Waals surface area contributed by atoms with Gasteiger partial charge in [-0.25, -0.2) is 0 Å². The first-order chi connectivity index (χ1) is 5.29. The Kier molecular flexibility index (Phi) is 11.7. The van der Waals surface area contributed by atoms with Gasteiger partial charge in [0.1, 0.15) is 0 Å². The van der Waals surface area contributed by atoms with Crippen LogP contribution in [-0.2, 0) is 0 Å². The zero-order valence-electron chi connectivity index (χ0n) is 8.09. The van der Waals surface area contributed by atoms with Gasteiger partial charge in [0.2, 0.25) is 0 Å². The van der Waals surface area contributed by atoms with Crippen LogP contribution in [-0.4, -0.2) is 28.8 Å². The summed E-state index contributed by atoms with van der Waals surface area (Å²) in [6.07, 6.45) is 0. The molecular weight excluding hydrogens is 256 g/mol. The van der Waals surface area contributed by atoms with Gasteiger partial charge in [0.25, 0.3) is 0 Å². The van der Waals surface area contributed by atoms with E-state index >= 15 is 0 Å². The third-order valence-corrected chi connectivity index (χ3v) is 2.65. The van der Waals surface area contributed by atoms with Crippen molar-refractivity contribution in [3.05, 3.63) is 30.3 Å². The third-order valence-electron chi connectivity index (χ3n) is 1.25. The Hall–Kier alpha value is 0.816. The van der Waals surface area contributed by atoms with E-state index in [1.54, 1.807) is 0 Å². The van der Waals surface area contributed by atoms with Gasteiger partial charge >= 0.3 is 23.1 Å². The molecule has 1 aromatic carbocycles.